The number of nitrogens with one attached hydrogen (secondary N) is 1. The first-order valence-corrected chi connectivity index (χ1v) is 9.10. The Labute approximate surface area is 152 Å². The molecular weight excluding hydrogens is 314 g/mol. The van der Waals surface area contributed by atoms with Gasteiger partial charge in [0.05, 0.1) is 5.69 Å². The van der Waals surface area contributed by atoms with Crippen LogP contribution in [0.2, 0.25) is 0 Å². The molecule has 1 aliphatic heterocycles. The molecule has 2 rings (SSSR count). The monoisotopic (exact) mass is 347 g/mol. The topological polar surface area (TPSA) is 51.7 Å². The lowest BCUT2D eigenvalue weighted by Gasteiger charge is -2.38. The van der Waals surface area contributed by atoms with E-state index < -0.39 is 0 Å². The Morgan fingerprint density at radius 2 is 1.96 bits per heavy atom. The molecule has 2 amide bonds. The van der Waals surface area contributed by atoms with Gasteiger partial charge in [-0.2, -0.15) is 0 Å². The quantitative estimate of drug-likeness (QED) is 0.854. The number of hydrogen-bond donors (Lipinski definition) is 1. The third kappa shape index (κ3) is 5.97. The molecule has 1 aliphatic rings. The van der Waals surface area contributed by atoms with Crippen molar-refractivity contribution in [2.24, 2.45) is 5.41 Å². The van der Waals surface area contributed by atoms with E-state index in [2.05, 4.69) is 55.0 Å². The largest absolute Gasteiger partial charge is 0.335 e. The number of pyridine rings is 1. The maximum atomic E-state index is 12.6. The second kappa shape index (κ2) is 8.63. The Morgan fingerprint density at radius 1 is 1.28 bits per heavy atom. The molecule has 6 nitrogen and oxygen atoms in total. The lowest BCUT2D eigenvalue weighted by Crippen LogP contribution is -2.55. The Balaban J connectivity index is 1.79. The fourth-order valence-electron chi connectivity index (χ4n) is 3.25. The zero-order valence-corrected chi connectivity index (χ0v) is 16.3. The van der Waals surface area contributed by atoms with Crippen molar-refractivity contribution in [2.45, 2.75) is 33.4 Å². The number of rotatable bonds is 6. The number of urea groups is 1. The van der Waals surface area contributed by atoms with Gasteiger partial charge in [-0.15, -0.1) is 0 Å². The molecule has 0 spiro atoms. The van der Waals surface area contributed by atoms with Crippen LogP contribution in [0.15, 0.2) is 24.4 Å². The summed E-state index contributed by atoms with van der Waals surface area (Å²) in [5, 5.41) is 3.19. The second-order valence-corrected chi connectivity index (χ2v) is 7.98. The molecule has 0 radical (unpaired) electrons. The molecule has 1 aromatic rings. The van der Waals surface area contributed by atoms with Gasteiger partial charge < -0.3 is 15.1 Å². The molecule has 6 heteroatoms. The van der Waals surface area contributed by atoms with Crippen LogP contribution in [0.5, 0.6) is 0 Å². The molecule has 1 N–H and O–H groups in total. The predicted octanol–water partition coefficient (Wildman–Crippen LogP) is 1.89. The first-order valence-electron chi connectivity index (χ1n) is 9.10. The molecule has 0 saturated carbocycles. The average Bonchev–Trinajstić information content (AvgIpc) is 2.55. The average molecular weight is 348 g/mol. The number of piperazine rings is 1. The molecule has 0 bridgehead atoms. The zero-order chi connectivity index (χ0) is 18.4. The van der Waals surface area contributed by atoms with E-state index in [1.54, 1.807) is 0 Å². The van der Waals surface area contributed by atoms with Gasteiger partial charge in [0.15, 0.2) is 0 Å². The highest BCUT2D eigenvalue weighted by Gasteiger charge is 2.30. The van der Waals surface area contributed by atoms with Crippen molar-refractivity contribution in [3.63, 3.8) is 0 Å². The third-order valence-electron chi connectivity index (χ3n) is 5.01. The van der Waals surface area contributed by atoms with E-state index in [0.717, 1.165) is 45.0 Å². The molecule has 0 unspecified atom stereocenters. The summed E-state index contributed by atoms with van der Waals surface area (Å²) in [6.45, 7) is 11.6. The van der Waals surface area contributed by atoms with Crippen molar-refractivity contribution in [1.82, 2.24) is 25.0 Å². The van der Waals surface area contributed by atoms with E-state index in [4.69, 9.17) is 0 Å². The maximum absolute atomic E-state index is 12.6. The Morgan fingerprint density at radius 3 is 2.52 bits per heavy atom. The highest BCUT2D eigenvalue weighted by atomic mass is 16.2. The van der Waals surface area contributed by atoms with Crippen LogP contribution in [0, 0.1) is 5.41 Å². The number of amides is 2. The highest BCUT2D eigenvalue weighted by Crippen LogP contribution is 2.21. The Hall–Kier alpha value is -1.66. The molecule has 1 saturated heterocycles. The molecule has 140 valence electrons. The summed E-state index contributed by atoms with van der Waals surface area (Å²) in [6, 6.07) is 6.17. The van der Waals surface area contributed by atoms with Crippen molar-refractivity contribution >= 4 is 6.03 Å². The Kier molecular flexibility index (Phi) is 6.79. The lowest BCUT2D eigenvalue weighted by molar-refractivity contribution is 0.123. The summed E-state index contributed by atoms with van der Waals surface area (Å²) < 4.78 is 0. The number of carbonyl (C=O) groups is 1. The van der Waals surface area contributed by atoms with Crippen LogP contribution < -0.4 is 5.32 Å². The van der Waals surface area contributed by atoms with E-state index in [1.165, 1.54) is 0 Å². The molecule has 1 aromatic heterocycles. The van der Waals surface area contributed by atoms with Gasteiger partial charge in [-0.25, -0.2) is 4.79 Å². The van der Waals surface area contributed by atoms with Crippen molar-refractivity contribution in [3.8, 4) is 0 Å². The standard InChI is InChI=1S/C19H33N5O/c1-16(19(2,3)15-22(4)5)21-18(25)24-12-10-23(11-13-24)14-17-8-6-7-9-20-17/h6-9,16H,10-15H2,1-5H3,(H,21,25)/t16-/m0/s1. The van der Waals surface area contributed by atoms with Gasteiger partial charge in [-0.3, -0.25) is 9.88 Å². The fourth-order valence-corrected chi connectivity index (χ4v) is 3.25. The van der Waals surface area contributed by atoms with Crippen LogP contribution >= 0.6 is 0 Å². The van der Waals surface area contributed by atoms with Crippen molar-refractivity contribution in [1.29, 1.82) is 0 Å². The van der Waals surface area contributed by atoms with E-state index in [-0.39, 0.29) is 17.5 Å². The van der Waals surface area contributed by atoms with Gasteiger partial charge in [0, 0.05) is 51.5 Å². The van der Waals surface area contributed by atoms with E-state index in [1.807, 2.05) is 29.3 Å². The minimum atomic E-state index is 0.0277. The summed E-state index contributed by atoms with van der Waals surface area (Å²) >= 11 is 0. The van der Waals surface area contributed by atoms with Gasteiger partial charge in [0.25, 0.3) is 0 Å². The number of carbonyl (C=O) groups excluding carboxylic acids is 1. The minimum Gasteiger partial charge on any atom is -0.335 e. The van der Waals surface area contributed by atoms with Crippen LogP contribution in [0.25, 0.3) is 0 Å². The van der Waals surface area contributed by atoms with E-state index in [0.29, 0.717) is 0 Å². The fraction of sp³-hybridized carbons (Fsp3) is 0.684. The predicted molar refractivity (Wildman–Crippen MR) is 101 cm³/mol. The summed E-state index contributed by atoms with van der Waals surface area (Å²) in [4.78, 5) is 23.4. The van der Waals surface area contributed by atoms with Gasteiger partial charge in [0.2, 0.25) is 0 Å². The van der Waals surface area contributed by atoms with Gasteiger partial charge in [-0.05, 0) is 38.6 Å². The van der Waals surface area contributed by atoms with Crippen molar-refractivity contribution < 1.29 is 4.79 Å². The molecule has 1 atom stereocenters. The van der Waals surface area contributed by atoms with Crippen LogP contribution in [0.4, 0.5) is 4.79 Å². The SMILES string of the molecule is C[C@H](NC(=O)N1CCN(Cc2ccccn2)CC1)C(C)(C)CN(C)C. The molecule has 25 heavy (non-hydrogen) atoms. The molecule has 1 fully saturated rings. The first kappa shape index (κ1) is 19.7. The number of aromatic nitrogens is 1. The molecule has 2 heterocycles. The van der Waals surface area contributed by atoms with E-state index >= 15 is 0 Å². The Bertz CT molecular complexity index is 538. The summed E-state index contributed by atoms with van der Waals surface area (Å²) in [7, 11) is 4.13. The summed E-state index contributed by atoms with van der Waals surface area (Å²) in [6.07, 6.45) is 1.83. The van der Waals surface area contributed by atoms with Gasteiger partial charge in [0.1, 0.15) is 0 Å². The number of hydrogen-bond acceptors (Lipinski definition) is 4. The zero-order valence-electron chi connectivity index (χ0n) is 16.3. The van der Waals surface area contributed by atoms with Crippen molar-refractivity contribution in [2.75, 3.05) is 46.8 Å². The second-order valence-electron chi connectivity index (χ2n) is 7.98. The minimum absolute atomic E-state index is 0.0277. The molecule has 0 aromatic carbocycles. The summed E-state index contributed by atoms with van der Waals surface area (Å²) in [5.41, 5.74) is 1.11. The van der Waals surface area contributed by atoms with Crippen LogP contribution in [0.3, 0.4) is 0 Å². The maximum Gasteiger partial charge on any atom is 0.317 e. The number of nitrogens with zero attached hydrogens (tertiary/aromatic N) is 4. The summed E-state index contributed by atoms with van der Waals surface area (Å²) in [5.74, 6) is 0. The third-order valence-corrected chi connectivity index (χ3v) is 5.01. The van der Waals surface area contributed by atoms with Crippen molar-refractivity contribution in [3.05, 3.63) is 30.1 Å². The lowest BCUT2D eigenvalue weighted by atomic mass is 9.85. The van der Waals surface area contributed by atoms with E-state index in [9.17, 15) is 4.79 Å². The van der Waals surface area contributed by atoms with Crippen LogP contribution in [-0.2, 0) is 6.54 Å². The highest BCUT2D eigenvalue weighted by molar-refractivity contribution is 5.74. The van der Waals surface area contributed by atoms with Gasteiger partial charge >= 0.3 is 6.03 Å². The van der Waals surface area contributed by atoms with Crippen LogP contribution in [0.1, 0.15) is 26.5 Å². The molecular formula is C19H33N5O. The normalized spacial score (nSPS) is 17.6. The van der Waals surface area contributed by atoms with Crippen LogP contribution in [-0.4, -0.2) is 78.6 Å². The van der Waals surface area contributed by atoms with Gasteiger partial charge in [-0.1, -0.05) is 19.9 Å². The molecule has 0 aliphatic carbocycles. The smallest absolute Gasteiger partial charge is 0.317 e. The first-order chi connectivity index (χ1) is 11.8.